The smallest absolute Gasteiger partial charge is 0.341 e. The zero-order valence-corrected chi connectivity index (χ0v) is 19.1. The van der Waals surface area contributed by atoms with Crippen molar-refractivity contribution in [3.63, 3.8) is 0 Å². The molecule has 168 valence electrons. The SMILES string of the molecule is Cc1nn(CCCC(=O)Nc2sc3c(c2C(=O)OC(C)C)CCCC3)c(C)c1[N+](=O)[O-]. The van der Waals surface area contributed by atoms with Gasteiger partial charge in [-0.15, -0.1) is 11.3 Å². The summed E-state index contributed by atoms with van der Waals surface area (Å²) < 4.78 is 6.98. The number of fused-ring (bicyclic) bond motifs is 1. The van der Waals surface area contributed by atoms with E-state index in [1.165, 1.54) is 11.3 Å². The average Bonchev–Trinajstić information content (AvgIpc) is 3.17. The van der Waals surface area contributed by atoms with Crippen LogP contribution in [0.3, 0.4) is 0 Å². The van der Waals surface area contributed by atoms with Crippen LogP contribution in [0.25, 0.3) is 0 Å². The summed E-state index contributed by atoms with van der Waals surface area (Å²) in [6, 6.07) is 0. The highest BCUT2D eigenvalue weighted by atomic mass is 32.1. The summed E-state index contributed by atoms with van der Waals surface area (Å²) in [5.74, 6) is -0.590. The number of nitrogens with zero attached hydrogens (tertiary/aromatic N) is 3. The molecule has 0 unspecified atom stereocenters. The summed E-state index contributed by atoms with van der Waals surface area (Å²) in [5.41, 5.74) is 2.36. The maximum absolute atomic E-state index is 12.7. The number of esters is 1. The number of rotatable bonds is 8. The van der Waals surface area contributed by atoms with Gasteiger partial charge in [-0.25, -0.2) is 4.79 Å². The first-order chi connectivity index (χ1) is 14.7. The fourth-order valence-corrected chi connectivity index (χ4v) is 5.18. The van der Waals surface area contributed by atoms with Crippen molar-refractivity contribution in [2.75, 3.05) is 5.32 Å². The number of hydrogen-bond donors (Lipinski definition) is 1. The molecular weight excluding hydrogens is 420 g/mol. The lowest BCUT2D eigenvalue weighted by molar-refractivity contribution is -0.386. The number of amides is 1. The second-order valence-electron chi connectivity index (χ2n) is 8.02. The molecule has 2 aromatic heterocycles. The molecule has 3 rings (SSSR count). The number of hydrogen-bond acceptors (Lipinski definition) is 7. The second-order valence-corrected chi connectivity index (χ2v) is 9.13. The van der Waals surface area contributed by atoms with Crippen LogP contribution in [0.1, 0.15) is 71.7 Å². The molecule has 2 heterocycles. The molecule has 0 atom stereocenters. The van der Waals surface area contributed by atoms with Crippen LogP contribution in [0.5, 0.6) is 0 Å². The van der Waals surface area contributed by atoms with Crippen molar-refractivity contribution in [2.45, 2.75) is 78.9 Å². The van der Waals surface area contributed by atoms with Gasteiger partial charge >= 0.3 is 11.7 Å². The van der Waals surface area contributed by atoms with Crippen LogP contribution in [0.2, 0.25) is 0 Å². The quantitative estimate of drug-likeness (QED) is 0.365. The van der Waals surface area contributed by atoms with Gasteiger partial charge in [0.25, 0.3) is 0 Å². The third-order valence-corrected chi connectivity index (χ3v) is 6.48. The van der Waals surface area contributed by atoms with Crippen LogP contribution in [0, 0.1) is 24.0 Å². The maximum atomic E-state index is 12.7. The van der Waals surface area contributed by atoms with E-state index < -0.39 is 4.92 Å². The number of anilines is 1. The Morgan fingerprint density at radius 3 is 2.65 bits per heavy atom. The Balaban J connectivity index is 1.67. The van der Waals surface area contributed by atoms with Crippen molar-refractivity contribution in [1.29, 1.82) is 0 Å². The molecule has 9 nitrogen and oxygen atoms in total. The van der Waals surface area contributed by atoms with Gasteiger partial charge in [0.05, 0.1) is 16.6 Å². The molecule has 0 aromatic carbocycles. The van der Waals surface area contributed by atoms with Gasteiger partial charge in [0.15, 0.2) is 0 Å². The molecule has 1 aliphatic rings. The Bertz CT molecular complexity index is 1010. The minimum Gasteiger partial charge on any atom is -0.459 e. The van der Waals surface area contributed by atoms with Crippen molar-refractivity contribution < 1.29 is 19.2 Å². The number of thiophene rings is 1. The first-order valence-corrected chi connectivity index (χ1v) is 11.3. The topological polar surface area (TPSA) is 116 Å². The van der Waals surface area contributed by atoms with Crippen molar-refractivity contribution in [2.24, 2.45) is 0 Å². The Morgan fingerprint density at radius 1 is 1.29 bits per heavy atom. The summed E-state index contributed by atoms with van der Waals surface area (Å²) >= 11 is 1.46. The Labute approximate surface area is 184 Å². The molecule has 0 saturated carbocycles. The standard InChI is InChI=1S/C21H28N4O5S/c1-12(2)30-21(27)18-15-8-5-6-9-16(15)31-20(18)22-17(26)10-7-11-24-14(4)19(25(28)29)13(3)23-24/h12H,5-11H2,1-4H3,(H,22,26). The number of aryl methyl sites for hydroxylation is 3. The van der Waals surface area contributed by atoms with Crippen molar-refractivity contribution in [3.8, 4) is 0 Å². The predicted molar refractivity (Wildman–Crippen MR) is 118 cm³/mol. The molecule has 0 spiro atoms. The first-order valence-electron chi connectivity index (χ1n) is 10.5. The van der Waals surface area contributed by atoms with Crippen LogP contribution in [0.4, 0.5) is 10.7 Å². The summed E-state index contributed by atoms with van der Waals surface area (Å²) in [6.45, 7) is 7.26. The summed E-state index contributed by atoms with van der Waals surface area (Å²) in [4.78, 5) is 37.1. The van der Waals surface area contributed by atoms with Crippen LogP contribution >= 0.6 is 11.3 Å². The lowest BCUT2D eigenvalue weighted by Crippen LogP contribution is -2.18. The van der Waals surface area contributed by atoms with E-state index in [4.69, 9.17) is 4.74 Å². The van der Waals surface area contributed by atoms with Gasteiger partial charge in [-0.1, -0.05) is 0 Å². The second kappa shape index (κ2) is 9.59. The van der Waals surface area contributed by atoms with E-state index in [-0.39, 0.29) is 30.1 Å². The van der Waals surface area contributed by atoms with Gasteiger partial charge in [0, 0.05) is 17.8 Å². The Kier molecular flexibility index (Phi) is 7.09. The zero-order valence-electron chi connectivity index (χ0n) is 18.3. The van der Waals surface area contributed by atoms with Crippen LogP contribution in [0.15, 0.2) is 0 Å². The highest BCUT2D eigenvalue weighted by Gasteiger charge is 2.28. The highest BCUT2D eigenvalue weighted by Crippen LogP contribution is 2.38. The molecule has 2 aromatic rings. The predicted octanol–water partition coefficient (Wildman–Crippen LogP) is 4.33. The zero-order chi connectivity index (χ0) is 22.7. The molecule has 0 radical (unpaired) electrons. The number of ether oxygens (including phenoxy) is 1. The van der Waals surface area contributed by atoms with E-state index >= 15 is 0 Å². The van der Waals surface area contributed by atoms with E-state index in [9.17, 15) is 19.7 Å². The van der Waals surface area contributed by atoms with Crippen LogP contribution in [-0.4, -0.2) is 32.7 Å². The van der Waals surface area contributed by atoms with Gasteiger partial charge in [0.2, 0.25) is 5.91 Å². The van der Waals surface area contributed by atoms with E-state index in [0.717, 1.165) is 36.1 Å². The average molecular weight is 449 g/mol. The third-order valence-electron chi connectivity index (χ3n) is 5.27. The van der Waals surface area contributed by atoms with Crippen LogP contribution < -0.4 is 5.32 Å². The first kappa shape index (κ1) is 22.9. The maximum Gasteiger partial charge on any atom is 0.341 e. The molecule has 0 saturated heterocycles. The Hall–Kier alpha value is -2.75. The number of carbonyl (C=O) groups excluding carboxylic acids is 2. The van der Waals surface area contributed by atoms with E-state index in [1.54, 1.807) is 32.4 Å². The molecule has 1 aliphatic carbocycles. The van der Waals surface area contributed by atoms with Gasteiger partial charge < -0.3 is 10.1 Å². The summed E-state index contributed by atoms with van der Waals surface area (Å²) in [7, 11) is 0. The van der Waals surface area contributed by atoms with Gasteiger partial charge in [0.1, 0.15) is 16.4 Å². The monoisotopic (exact) mass is 448 g/mol. The molecule has 0 fully saturated rings. The third kappa shape index (κ3) is 5.12. The molecule has 31 heavy (non-hydrogen) atoms. The van der Waals surface area contributed by atoms with Gasteiger partial charge in [-0.3, -0.25) is 19.6 Å². The minimum absolute atomic E-state index is 0.0157. The fraction of sp³-hybridized carbons (Fsp3) is 0.571. The fourth-order valence-electron chi connectivity index (χ4n) is 3.89. The lowest BCUT2D eigenvalue weighted by Gasteiger charge is -2.14. The number of nitro groups is 1. The summed E-state index contributed by atoms with van der Waals surface area (Å²) in [5, 5.41) is 18.8. The normalized spacial score (nSPS) is 13.2. The highest BCUT2D eigenvalue weighted by molar-refractivity contribution is 7.17. The number of aromatic nitrogens is 2. The lowest BCUT2D eigenvalue weighted by atomic mass is 9.95. The van der Waals surface area contributed by atoms with Crippen LogP contribution in [-0.2, 0) is 28.9 Å². The molecule has 0 bridgehead atoms. The molecular formula is C21H28N4O5S. The van der Waals surface area contributed by atoms with E-state index in [1.807, 2.05) is 0 Å². The van der Waals surface area contributed by atoms with Crippen molar-refractivity contribution >= 4 is 33.9 Å². The molecule has 0 aliphatic heterocycles. The van der Waals surface area contributed by atoms with E-state index in [0.29, 0.717) is 34.9 Å². The summed E-state index contributed by atoms with van der Waals surface area (Å²) in [6.07, 6.45) is 4.28. The number of carbonyl (C=O) groups is 2. The minimum atomic E-state index is -0.433. The number of nitrogens with one attached hydrogen (secondary N) is 1. The Morgan fingerprint density at radius 2 is 2.00 bits per heavy atom. The van der Waals surface area contributed by atoms with E-state index in [2.05, 4.69) is 10.4 Å². The molecule has 1 amide bonds. The van der Waals surface area contributed by atoms with Crippen molar-refractivity contribution in [3.05, 3.63) is 37.5 Å². The largest absolute Gasteiger partial charge is 0.459 e. The van der Waals surface area contributed by atoms with Crippen molar-refractivity contribution in [1.82, 2.24) is 9.78 Å². The molecule has 10 heteroatoms. The van der Waals surface area contributed by atoms with Gasteiger partial charge in [-0.2, -0.15) is 5.10 Å². The molecule has 1 N–H and O–H groups in total. The van der Waals surface area contributed by atoms with Gasteiger partial charge in [-0.05, 0) is 65.4 Å².